The summed E-state index contributed by atoms with van der Waals surface area (Å²) in [5.74, 6) is -1.06. The molecule has 0 saturated carbocycles. The molecule has 1 rings (SSSR count). The van der Waals surface area contributed by atoms with Gasteiger partial charge in [-0.25, -0.2) is 29.0 Å². The summed E-state index contributed by atoms with van der Waals surface area (Å²) in [6.45, 7) is -3.75. The van der Waals surface area contributed by atoms with Crippen LogP contribution in [-0.4, -0.2) is 125 Å². The maximum absolute atomic E-state index is 9.06. The molecule has 192 valence electrons. The van der Waals surface area contributed by atoms with Gasteiger partial charge in [-0.1, -0.05) is 15.7 Å². The SMILES string of the molecule is OCCON(OCCO)c1nc(N(OCCO)OCCO)nc(N(OCCO)OCCO)n1. The van der Waals surface area contributed by atoms with E-state index >= 15 is 0 Å². The summed E-state index contributed by atoms with van der Waals surface area (Å²) in [4.78, 5) is 43.4. The molecule has 18 heteroatoms. The first-order valence-corrected chi connectivity index (χ1v) is 9.74. The largest absolute Gasteiger partial charge is 0.394 e. The van der Waals surface area contributed by atoms with Crippen LogP contribution in [0.2, 0.25) is 0 Å². The van der Waals surface area contributed by atoms with Crippen LogP contribution in [0.1, 0.15) is 0 Å². The molecule has 0 aliphatic rings. The minimum absolute atomic E-state index is 0.237. The van der Waals surface area contributed by atoms with Gasteiger partial charge in [0.2, 0.25) is 0 Å². The quantitative estimate of drug-likeness (QED) is 0.0906. The van der Waals surface area contributed by atoms with Gasteiger partial charge in [0.15, 0.2) is 0 Å². The van der Waals surface area contributed by atoms with E-state index in [1.54, 1.807) is 0 Å². The summed E-state index contributed by atoms with van der Waals surface area (Å²) in [7, 11) is 0. The molecule has 33 heavy (non-hydrogen) atoms. The van der Waals surface area contributed by atoms with Crippen molar-refractivity contribution >= 4 is 17.8 Å². The maximum Gasteiger partial charge on any atom is 0.284 e. The molecule has 0 atom stereocenters. The number of anilines is 3. The topological polar surface area (TPSA) is 225 Å². The Hall–Kier alpha value is -2.07. The predicted octanol–water partition coefficient (Wildman–Crippen LogP) is -4.17. The number of rotatable bonds is 21. The highest BCUT2D eigenvalue weighted by atomic mass is 17.0. The summed E-state index contributed by atoms with van der Waals surface area (Å²) >= 11 is 0. The van der Waals surface area contributed by atoms with E-state index in [0.717, 1.165) is 0 Å². The fraction of sp³-hybridized carbons (Fsp3) is 0.800. The summed E-state index contributed by atoms with van der Waals surface area (Å²) in [5, 5.41) is 56.4. The summed E-state index contributed by atoms with van der Waals surface area (Å²) in [5.41, 5.74) is 0. The molecule has 1 aromatic heterocycles. The lowest BCUT2D eigenvalue weighted by atomic mass is 10.8. The lowest BCUT2D eigenvalue weighted by Gasteiger charge is -2.25. The first-order chi connectivity index (χ1) is 16.1. The zero-order chi connectivity index (χ0) is 24.3. The van der Waals surface area contributed by atoms with Gasteiger partial charge in [-0.15, -0.1) is 0 Å². The molecule has 1 heterocycles. The van der Waals surface area contributed by atoms with Crippen LogP contribution in [-0.2, 0) is 29.0 Å². The van der Waals surface area contributed by atoms with Crippen LogP contribution in [0.3, 0.4) is 0 Å². The minimum atomic E-state index is -0.388. The zero-order valence-corrected chi connectivity index (χ0v) is 17.8. The Labute approximate surface area is 188 Å². The highest BCUT2D eigenvalue weighted by molar-refractivity contribution is 5.40. The molecule has 0 bridgehead atoms. The van der Waals surface area contributed by atoms with E-state index in [1.807, 2.05) is 0 Å². The second kappa shape index (κ2) is 18.4. The monoisotopic (exact) mass is 486 g/mol. The van der Waals surface area contributed by atoms with Crippen LogP contribution in [0.4, 0.5) is 17.8 Å². The highest BCUT2D eigenvalue weighted by Gasteiger charge is 2.24. The molecule has 18 nitrogen and oxygen atoms in total. The number of aromatic nitrogens is 3. The lowest BCUT2D eigenvalue weighted by Crippen LogP contribution is -2.34. The Kier molecular flexibility index (Phi) is 16.1. The zero-order valence-electron chi connectivity index (χ0n) is 17.8. The smallest absolute Gasteiger partial charge is 0.284 e. The van der Waals surface area contributed by atoms with Crippen molar-refractivity contribution in [1.29, 1.82) is 0 Å². The normalized spacial score (nSPS) is 11.1. The third-order valence-electron chi connectivity index (χ3n) is 2.89. The van der Waals surface area contributed by atoms with Crippen molar-refractivity contribution in [2.45, 2.75) is 0 Å². The third-order valence-corrected chi connectivity index (χ3v) is 2.89. The van der Waals surface area contributed by atoms with Gasteiger partial charge in [0.25, 0.3) is 17.8 Å². The average molecular weight is 486 g/mol. The molecule has 0 aromatic carbocycles. The summed E-state index contributed by atoms with van der Waals surface area (Å²) in [6, 6.07) is 0. The molecule has 0 unspecified atom stereocenters. The first kappa shape index (κ1) is 29.0. The molecule has 1 aromatic rings. The van der Waals surface area contributed by atoms with Crippen LogP contribution in [0.15, 0.2) is 0 Å². The van der Waals surface area contributed by atoms with Crippen LogP contribution in [0, 0.1) is 0 Å². The Morgan fingerprint density at radius 2 is 0.576 bits per heavy atom. The van der Waals surface area contributed by atoms with Crippen LogP contribution in [0.5, 0.6) is 0 Å². The Balaban J connectivity index is 3.43. The van der Waals surface area contributed by atoms with E-state index < -0.39 is 0 Å². The van der Waals surface area contributed by atoms with Crippen molar-refractivity contribution in [3.05, 3.63) is 0 Å². The fourth-order valence-corrected chi connectivity index (χ4v) is 1.79. The number of aliphatic hydroxyl groups excluding tert-OH is 6. The van der Waals surface area contributed by atoms with Crippen molar-refractivity contribution < 1.29 is 59.7 Å². The van der Waals surface area contributed by atoms with Crippen molar-refractivity contribution in [3.8, 4) is 0 Å². The van der Waals surface area contributed by atoms with Gasteiger partial charge in [-0.3, -0.25) is 0 Å². The van der Waals surface area contributed by atoms with Crippen LogP contribution < -0.4 is 15.7 Å². The maximum atomic E-state index is 9.06. The molecule has 0 radical (unpaired) electrons. The number of hydrogen-bond acceptors (Lipinski definition) is 18. The fourth-order valence-electron chi connectivity index (χ4n) is 1.79. The predicted molar refractivity (Wildman–Crippen MR) is 105 cm³/mol. The van der Waals surface area contributed by atoms with Gasteiger partial charge in [-0.2, -0.15) is 15.0 Å². The standard InChI is InChI=1S/C15H30N6O12/c22-1-7-28-19(29-8-2-23)13-16-14(20(30-9-3-24)31-10-4-25)18-15(17-13)21(32-11-5-26)33-12-6-27/h22-27H,1-12H2. The van der Waals surface area contributed by atoms with E-state index in [2.05, 4.69) is 15.0 Å². The number of aliphatic hydroxyl groups is 6. The van der Waals surface area contributed by atoms with E-state index in [4.69, 9.17) is 59.7 Å². The van der Waals surface area contributed by atoms with Crippen LogP contribution >= 0.6 is 0 Å². The average Bonchev–Trinajstić information content (AvgIpc) is 2.84. The second-order valence-corrected chi connectivity index (χ2v) is 5.35. The van der Waals surface area contributed by atoms with Crippen LogP contribution in [0.25, 0.3) is 0 Å². The molecule has 0 aliphatic carbocycles. The van der Waals surface area contributed by atoms with Gasteiger partial charge in [0.05, 0.1) is 39.6 Å². The van der Waals surface area contributed by atoms with E-state index in [9.17, 15) is 0 Å². The highest BCUT2D eigenvalue weighted by Crippen LogP contribution is 2.21. The Bertz CT molecular complexity index is 503. The molecular formula is C15H30N6O12. The molecule has 0 amide bonds. The lowest BCUT2D eigenvalue weighted by molar-refractivity contribution is -0.114. The van der Waals surface area contributed by atoms with Crippen molar-refractivity contribution in [1.82, 2.24) is 15.0 Å². The Morgan fingerprint density at radius 3 is 0.727 bits per heavy atom. The molecular weight excluding hydrogens is 456 g/mol. The van der Waals surface area contributed by atoms with Gasteiger partial charge >= 0.3 is 0 Å². The van der Waals surface area contributed by atoms with E-state index in [1.165, 1.54) is 0 Å². The van der Waals surface area contributed by atoms with Crippen molar-refractivity contribution in [2.24, 2.45) is 0 Å². The number of nitrogens with zero attached hydrogens (tertiary/aromatic N) is 6. The van der Waals surface area contributed by atoms with E-state index in [-0.39, 0.29) is 97.1 Å². The summed E-state index contributed by atoms with van der Waals surface area (Å²) < 4.78 is 0. The van der Waals surface area contributed by atoms with E-state index in [0.29, 0.717) is 15.7 Å². The van der Waals surface area contributed by atoms with Gasteiger partial charge in [-0.05, 0) is 0 Å². The molecule has 6 N–H and O–H groups in total. The van der Waals surface area contributed by atoms with Crippen molar-refractivity contribution in [2.75, 3.05) is 95.0 Å². The molecule has 0 fully saturated rings. The minimum Gasteiger partial charge on any atom is -0.394 e. The van der Waals surface area contributed by atoms with Crippen molar-refractivity contribution in [3.63, 3.8) is 0 Å². The van der Waals surface area contributed by atoms with Gasteiger partial charge in [0, 0.05) is 0 Å². The van der Waals surface area contributed by atoms with Gasteiger partial charge in [0.1, 0.15) is 39.6 Å². The molecule has 0 saturated heterocycles. The Morgan fingerprint density at radius 1 is 0.394 bits per heavy atom. The third kappa shape index (κ3) is 11.1. The number of hydrogen-bond donors (Lipinski definition) is 6. The molecule has 0 spiro atoms. The summed E-state index contributed by atoms with van der Waals surface area (Å²) in [6.07, 6.45) is 0. The molecule has 0 aliphatic heterocycles. The second-order valence-electron chi connectivity index (χ2n) is 5.35. The first-order valence-electron chi connectivity index (χ1n) is 9.74. The van der Waals surface area contributed by atoms with Gasteiger partial charge < -0.3 is 30.6 Å².